The van der Waals surface area contributed by atoms with Gasteiger partial charge in [0.1, 0.15) is 11.6 Å². The zero-order valence-corrected chi connectivity index (χ0v) is 26.2. The molecule has 3 aromatic rings. The molecule has 5 rings (SSSR count). The molecule has 3 aromatic carbocycles. The number of hydrogen-bond donors (Lipinski definition) is 0. The average Bonchev–Trinajstić information content (AvgIpc) is 3.15. The zero-order valence-electron chi connectivity index (χ0n) is 24.3. The van der Waals surface area contributed by atoms with Crippen molar-refractivity contribution in [2.45, 2.75) is 69.1 Å². The fourth-order valence-electron chi connectivity index (χ4n) is 7.03. The normalized spacial score (nSPS) is 23.1. The minimum Gasteiger partial charge on any atom is -0.636 e. The van der Waals surface area contributed by atoms with E-state index in [1.807, 2.05) is 0 Å². The van der Waals surface area contributed by atoms with E-state index in [4.69, 9.17) is 4.43 Å². The maximum Gasteiger partial charge on any atom is 0.186 e. The van der Waals surface area contributed by atoms with Gasteiger partial charge in [-0.15, -0.1) is 4.67 Å². The van der Waals surface area contributed by atoms with Gasteiger partial charge in [0.05, 0.1) is 12.1 Å². The zero-order chi connectivity index (χ0) is 27.8. The van der Waals surface area contributed by atoms with E-state index in [2.05, 4.69) is 146 Å². The van der Waals surface area contributed by atoms with Gasteiger partial charge in [0.15, 0.2) is 16.3 Å². The summed E-state index contributed by atoms with van der Waals surface area (Å²) in [5, 5.41) is 0. The summed E-state index contributed by atoms with van der Waals surface area (Å²) in [6, 6.07) is 32.0. The number of fused-ring (bicyclic) bond motifs is 1. The lowest BCUT2D eigenvalue weighted by Gasteiger charge is -2.53. The number of hydrogen-bond acceptors (Lipinski definition) is 5. The van der Waals surface area contributed by atoms with Crippen LogP contribution < -0.4 is 4.89 Å². The molecule has 7 heteroatoms. The third-order valence-corrected chi connectivity index (χ3v) is 12.9. The Kier molecular flexibility index (Phi) is 8.20. The Balaban J connectivity index is 1.79. The second-order valence-electron chi connectivity index (χ2n) is 12.1. The van der Waals surface area contributed by atoms with Gasteiger partial charge >= 0.3 is 0 Å². The van der Waals surface area contributed by atoms with Crippen LogP contribution >= 0.6 is 7.94 Å². The number of nitrogens with zero attached hydrogens (tertiary/aromatic N) is 3. The van der Waals surface area contributed by atoms with E-state index < -0.39 is 21.9 Å². The molecule has 1 saturated carbocycles. The average molecular weight is 562 g/mol. The minimum absolute atomic E-state index is 0.300. The van der Waals surface area contributed by atoms with E-state index >= 15 is 4.89 Å². The molecule has 3 atom stereocenters. The van der Waals surface area contributed by atoms with Gasteiger partial charge in [-0.25, -0.2) is 0 Å². The lowest BCUT2D eigenvalue weighted by molar-refractivity contribution is -0.207. The van der Waals surface area contributed by atoms with Gasteiger partial charge < -0.3 is 9.32 Å². The van der Waals surface area contributed by atoms with E-state index in [1.54, 1.807) is 0 Å². The van der Waals surface area contributed by atoms with Crippen molar-refractivity contribution in [3.05, 3.63) is 108 Å². The maximum atomic E-state index is 15.6. The van der Waals surface area contributed by atoms with Crippen molar-refractivity contribution in [1.29, 1.82) is 0 Å². The minimum atomic E-state index is -3.14. The van der Waals surface area contributed by atoms with Crippen LogP contribution in [0.25, 0.3) is 0 Å². The van der Waals surface area contributed by atoms with Crippen LogP contribution in [-0.2, 0) is 10.0 Å². The molecule has 0 spiro atoms. The summed E-state index contributed by atoms with van der Waals surface area (Å²) in [4.78, 5) is 15.6. The summed E-state index contributed by atoms with van der Waals surface area (Å²) >= 11 is 0. The van der Waals surface area contributed by atoms with Crippen LogP contribution in [0.5, 0.6) is 0 Å². The Morgan fingerprint density at radius 2 is 1.21 bits per heavy atom. The lowest BCUT2D eigenvalue weighted by Crippen LogP contribution is -2.54. The molecule has 1 aliphatic heterocycles. The van der Waals surface area contributed by atoms with Crippen molar-refractivity contribution in [3.63, 3.8) is 0 Å². The Bertz CT molecular complexity index is 1170. The highest BCUT2D eigenvalue weighted by Crippen LogP contribution is 2.70. The Labute approximate surface area is 237 Å². The van der Waals surface area contributed by atoms with Crippen LogP contribution in [0.4, 0.5) is 0 Å². The number of likely N-dealkylation sites (N-methyl/N-ethyl adjacent to an activating group) is 3. The summed E-state index contributed by atoms with van der Waals surface area (Å²) in [6.45, 7) is 6.75. The smallest absolute Gasteiger partial charge is 0.186 e. The topological polar surface area (TPSA) is 42.0 Å². The predicted molar refractivity (Wildman–Crippen MR) is 164 cm³/mol. The van der Waals surface area contributed by atoms with Crippen molar-refractivity contribution in [2.24, 2.45) is 0 Å². The van der Waals surface area contributed by atoms with Crippen molar-refractivity contribution in [2.75, 3.05) is 21.1 Å². The highest BCUT2D eigenvalue weighted by atomic mass is 31.2. The van der Waals surface area contributed by atoms with Gasteiger partial charge in [-0.2, -0.15) is 9.34 Å². The first kappa shape index (κ1) is 28.6. The summed E-state index contributed by atoms with van der Waals surface area (Å²) < 4.78 is 14.1. The molecule has 1 unspecified atom stereocenters. The predicted octanol–water partition coefficient (Wildman–Crippen LogP) is 6.68. The first-order valence-electron chi connectivity index (χ1n) is 14.3. The molecule has 2 aliphatic rings. The van der Waals surface area contributed by atoms with Crippen LogP contribution in [0.2, 0.25) is 19.6 Å². The van der Waals surface area contributed by atoms with Crippen LogP contribution in [0.1, 0.15) is 48.4 Å². The molecule has 2 fully saturated rings. The van der Waals surface area contributed by atoms with Crippen LogP contribution in [0.3, 0.4) is 0 Å². The molecular weight excluding hydrogens is 517 g/mol. The standard InChI is InChI=1S/C32H44N3O2PSi/c1-33-29-24-16-17-25-30(29)34(2)38(33,36)35(3)31(26-18-10-7-11-19-26)32(37-39(4,5)6,27-20-12-8-13-21-27)28-22-14-9-15-23-28/h7-15,18-23,29-31H,16-17,24-25H2,1-6H3/t29-,30-,31?/m0/s1. The van der Waals surface area contributed by atoms with Gasteiger partial charge in [0.25, 0.3) is 0 Å². The summed E-state index contributed by atoms with van der Waals surface area (Å²) in [5.41, 5.74) is 2.37. The van der Waals surface area contributed by atoms with Gasteiger partial charge in [0.2, 0.25) is 0 Å². The molecule has 1 aliphatic carbocycles. The van der Waals surface area contributed by atoms with Crippen molar-refractivity contribution in [1.82, 2.24) is 14.0 Å². The molecule has 208 valence electrons. The molecule has 39 heavy (non-hydrogen) atoms. The lowest BCUT2D eigenvalue weighted by atomic mass is 9.77. The highest BCUT2D eigenvalue weighted by molar-refractivity contribution is 7.62. The van der Waals surface area contributed by atoms with E-state index in [9.17, 15) is 0 Å². The molecule has 1 heterocycles. The summed E-state index contributed by atoms with van der Waals surface area (Å²) in [6.07, 6.45) is 4.57. The van der Waals surface area contributed by atoms with Crippen molar-refractivity contribution < 1.29 is 9.32 Å². The van der Waals surface area contributed by atoms with Crippen LogP contribution in [0.15, 0.2) is 91.0 Å². The van der Waals surface area contributed by atoms with Gasteiger partial charge in [-0.05, 0) is 49.2 Å². The van der Waals surface area contributed by atoms with E-state index in [1.165, 1.54) is 12.8 Å². The van der Waals surface area contributed by atoms with Gasteiger partial charge in [0, 0.05) is 21.1 Å². The monoisotopic (exact) mass is 561 g/mol. The first-order chi connectivity index (χ1) is 18.6. The molecule has 0 N–H and O–H groups in total. The van der Waals surface area contributed by atoms with E-state index in [0.717, 1.165) is 29.5 Å². The largest absolute Gasteiger partial charge is 0.636 e. The first-order valence-corrected chi connectivity index (χ1v) is 19.2. The second-order valence-corrected chi connectivity index (χ2v) is 19.5. The number of benzene rings is 3. The van der Waals surface area contributed by atoms with Gasteiger partial charge in [-0.3, -0.25) is 0 Å². The molecular formula is C32H44N3O2PSi. The SMILES string of the molecule is CN(C(c1ccccc1)C(O[Si](C)(C)C)(c1ccccc1)c1ccccc1)[P+]1([O-])N(C)[C@H]2CCCC[C@@H]2N1C. The Morgan fingerprint density at radius 1 is 0.795 bits per heavy atom. The second kappa shape index (κ2) is 11.2. The molecule has 0 amide bonds. The molecule has 5 nitrogen and oxygen atoms in total. The van der Waals surface area contributed by atoms with Crippen LogP contribution in [-0.4, -0.2) is 55.6 Å². The van der Waals surface area contributed by atoms with Crippen molar-refractivity contribution >= 4 is 16.3 Å². The Morgan fingerprint density at radius 3 is 1.62 bits per heavy atom. The highest BCUT2D eigenvalue weighted by Gasteiger charge is 2.62. The van der Waals surface area contributed by atoms with Gasteiger partial charge in [-0.1, -0.05) is 104 Å². The van der Waals surface area contributed by atoms with Crippen molar-refractivity contribution in [3.8, 4) is 0 Å². The fraction of sp³-hybridized carbons (Fsp3) is 0.438. The molecule has 1 saturated heterocycles. The molecule has 0 aromatic heterocycles. The number of rotatable bonds is 8. The third kappa shape index (κ3) is 5.06. The van der Waals surface area contributed by atoms with E-state index in [0.29, 0.717) is 12.1 Å². The molecule has 0 bridgehead atoms. The van der Waals surface area contributed by atoms with Crippen LogP contribution in [0, 0.1) is 0 Å². The third-order valence-electron chi connectivity index (χ3n) is 8.63. The Hall–Kier alpha value is -1.89. The fourth-order valence-corrected chi connectivity index (χ4v) is 11.6. The molecule has 0 radical (unpaired) electrons. The maximum absolute atomic E-state index is 15.6. The summed E-state index contributed by atoms with van der Waals surface area (Å²) in [7, 11) is 0.920. The summed E-state index contributed by atoms with van der Waals surface area (Å²) in [5.74, 6) is 0. The van der Waals surface area contributed by atoms with E-state index in [-0.39, 0.29) is 6.04 Å². The quantitative estimate of drug-likeness (QED) is 0.227.